The van der Waals surface area contributed by atoms with E-state index in [1.54, 1.807) is 6.07 Å². The summed E-state index contributed by atoms with van der Waals surface area (Å²) in [7, 11) is 0. The van der Waals surface area contributed by atoms with Gasteiger partial charge in [-0.15, -0.1) is 0 Å². The van der Waals surface area contributed by atoms with Gasteiger partial charge in [0.25, 0.3) is 0 Å². The van der Waals surface area contributed by atoms with Crippen molar-refractivity contribution < 1.29 is 4.39 Å². The summed E-state index contributed by atoms with van der Waals surface area (Å²) in [6.45, 7) is 1.84. The third-order valence-electron chi connectivity index (χ3n) is 3.34. The summed E-state index contributed by atoms with van der Waals surface area (Å²) in [6, 6.07) is 3.01. The lowest BCUT2D eigenvalue weighted by molar-refractivity contribution is 0.430. The lowest BCUT2D eigenvalue weighted by Crippen LogP contribution is -2.35. The van der Waals surface area contributed by atoms with E-state index in [0.29, 0.717) is 10.6 Å². The Bertz CT molecular complexity index is 383. The molecule has 0 unspecified atom stereocenters. The Balaban J connectivity index is 2.55. The fourth-order valence-electron chi connectivity index (χ4n) is 2.52. The van der Waals surface area contributed by atoms with Gasteiger partial charge in [-0.1, -0.05) is 24.4 Å². The molecule has 1 nitrogen and oxygen atoms in total. The van der Waals surface area contributed by atoms with Crippen molar-refractivity contribution in [2.24, 2.45) is 5.73 Å². The predicted octanol–water partition coefficient (Wildman–Crippen LogP) is 3.52. The number of halogens is 2. The molecular formula is C12H15ClFN. The van der Waals surface area contributed by atoms with Gasteiger partial charge in [0.2, 0.25) is 0 Å². The Kier molecular flexibility index (Phi) is 2.73. The van der Waals surface area contributed by atoms with Crippen LogP contribution in [0, 0.1) is 12.7 Å². The standard InChI is InChI=1S/C12H15ClFN/c1-8-9(13)4-5-10(14)11(8)12(15)6-2-3-7-12/h4-5H,2-3,6-7,15H2,1H3. The van der Waals surface area contributed by atoms with Crippen LogP contribution in [0.4, 0.5) is 4.39 Å². The summed E-state index contributed by atoms with van der Waals surface area (Å²) in [5.41, 5.74) is 7.16. The summed E-state index contributed by atoms with van der Waals surface area (Å²) in [5, 5.41) is 0.600. The highest BCUT2D eigenvalue weighted by Gasteiger charge is 2.35. The van der Waals surface area contributed by atoms with Gasteiger partial charge >= 0.3 is 0 Å². The second-order valence-corrected chi connectivity index (χ2v) is 4.80. The van der Waals surface area contributed by atoms with E-state index in [-0.39, 0.29) is 5.82 Å². The minimum atomic E-state index is -0.501. The van der Waals surface area contributed by atoms with Crippen LogP contribution in [-0.4, -0.2) is 0 Å². The molecule has 1 saturated carbocycles. The quantitative estimate of drug-likeness (QED) is 0.781. The van der Waals surface area contributed by atoms with E-state index in [2.05, 4.69) is 0 Å². The van der Waals surface area contributed by atoms with Crippen molar-refractivity contribution in [3.63, 3.8) is 0 Å². The van der Waals surface area contributed by atoms with Gasteiger partial charge in [0.05, 0.1) is 0 Å². The summed E-state index contributed by atoms with van der Waals surface area (Å²) in [6.07, 6.45) is 3.85. The molecule has 2 rings (SSSR count). The van der Waals surface area contributed by atoms with Crippen LogP contribution in [0.2, 0.25) is 5.02 Å². The van der Waals surface area contributed by atoms with Crippen molar-refractivity contribution in [2.45, 2.75) is 38.1 Å². The predicted molar refractivity (Wildman–Crippen MR) is 60.5 cm³/mol. The highest BCUT2D eigenvalue weighted by molar-refractivity contribution is 6.31. The molecule has 0 amide bonds. The number of rotatable bonds is 1. The Morgan fingerprint density at radius 1 is 1.33 bits per heavy atom. The molecule has 0 radical (unpaired) electrons. The smallest absolute Gasteiger partial charge is 0.128 e. The van der Waals surface area contributed by atoms with Gasteiger partial charge < -0.3 is 5.73 Å². The third-order valence-corrected chi connectivity index (χ3v) is 3.75. The molecule has 1 aliphatic carbocycles. The first-order valence-corrected chi connectivity index (χ1v) is 5.66. The van der Waals surface area contributed by atoms with Crippen molar-refractivity contribution in [1.82, 2.24) is 0 Å². The molecule has 2 N–H and O–H groups in total. The van der Waals surface area contributed by atoms with Crippen molar-refractivity contribution >= 4 is 11.6 Å². The van der Waals surface area contributed by atoms with E-state index in [1.165, 1.54) is 6.07 Å². The first kappa shape index (κ1) is 10.9. The van der Waals surface area contributed by atoms with Crippen molar-refractivity contribution in [3.8, 4) is 0 Å². The van der Waals surface area contributed by atoms with Crippen LogP contribution in [0.25, 0.3) is 0 Å². The first-order chi connectivity index (χ1) is 7.04. The average Bonchev–Trinajstić information content (AvgIpc) is 2.60. The molecule has 1 fully saturated rings. The molecule has 0 spiro atoms. The summed E-state index contributed by atoms with van der Waals surface area (Å²) < 4.78 is 13.8. The average molecular weight is 228 g/mol. The van der Waals surface area contributed by atoms with E-state index < -0.39 is 5.54 Å². The monoisotopic (exact) mass is 227 g/mol. The Labute approximate surface area is 94.4 Å². The maximum absolute atomic E-state index is 13.8. The number of benzene rings is 1. The van der Waals surface area contributed by atoms with Crippen LogP contribution in [-0.2, 0) is 5.54 Å². The zero-order chi connectivity index (χ0) is 11.1. The van der Waals surface area contributed by atoms with Gasteiger partial charge in [0.15, 0.2) is 0 Å². The molecule has 1 aromatic rings. The van der Waals surface area contributed by atoms with E-state index in [0.717, 1.165) is 31.2 Å². The Hall–Kier alpha value is -0.600. The summed E-state index contributed by atoms with van der Waals surface area (Å²) in [5.74, 6) is -0.221. The molecule has 15 heavy (non-hydrogen) atoms. The molecule has 0 atom stereocenters. The van der Waals surface area contributed by atoms with Gasteiger partial charge in [-0.05, 0) is 37.5 Å². The van der Waals surface area contributed by atoms with Gasteiger partial charge in [0, 0.05) is 16.1 Å². The number of nitrogens with two attached hydrogens (primary N) is 1. The second kappa shape index (κ2) is 3.76. The molecule has 0 saturated heterocycles. The fourth-order valence-corrected chi connectivity index (χ4v) is 2.68. The molecule has 0 heterocycles. The van der Waals surface area contributed by atoms with Crippen molar-refractivity contribution in [2.75, 3.05) is 0 Å². The topological polar surface area (TPSA) is 26.0 Å². The number of hydrogen-bond acceptors (Lipinski definition) is 1. The maximum Gasteiger partial charge on any atom is 0.128 e. The highest BCUT2D eigenvalue weighted by Crippen LogP contribution is 2.40. The van der Waals surface area contributed by atoms with Crippen molar-refractivity contribution in [3.05, 3.63) is 34.1 Å². The molecular weight excluding hydrogens is 213 g/mol. The molecule has 82 valence electrons. The van der Waals surface area contributed by atoms with Gasteiger partial charge in [0.1, 0.15) is 5.82 Å². The highest BCUT2D eigenvalue weighted by atomic mass is 35.5. The van der Waals surface area contributed by atoms with Gasteiger partial charge in [-0.3, -0.25) is 0 Å². The van der Waals surface area contributed by atoms with E-state index in [9.17, 15) is 4.39 Å². The Morgan fingerprint density at radius 2 is 1.93 bits per heavy atom. The van der Waals surface area contributed by atoms with Crippen LogP contribution < -0.4 is 5.73 Å². The maximum atomic E-state index is 13.8. The molecule has 0 aromatic heterocycles. The summed E-state index contributed by atoms with van der Waals surface area (Å²) in [4.78, 5) is 0. The van der Waals surface area contributed by atoms with E-state index in [1.807, 2.05) is 6.92 Å². The molecule has 1 aromatic carbocycles. The molecule has 1 aliphatic rings. The SMILES string of the molecule is Cc1c(Cl)ccc(F)c1C1(N)CCCC1. The number of hydrogen-bond donors (Lipinski definition) is 1. The molecule has 3 heteroatoms. The third kappa shape index (κ3) is 1.77. The minimum Gasteiger partial charge on any atom is -0.321 e. The molecule has 0 bridgehead atoms. The van der Waals surface area contributed by atoms with Crippen LogP contribution in [0.15, 0.2) is 12.1 Å². The molecule has 0 aliphatic heterocycles. The van der Waals surface area contributed by atoms with Crippen LogP contribution in [0.3, 0.4) is 0 Å². The second-order valence-electron chi connectivity index (χ2n) is 4.39. The lowest BCUT2D eigenvalue weighted by Gasteiger charge is -2.27. The normalized spacial score (nSPS) is 19.5. The largest absolute Gasteiger partial charge is 0.321 e. The Morgan fingerprint density at radius 3 is 2.53 bits per heavy atom. The van der Waals surface area contributed by atoms with Crippen molar-refractivity contribution in [1.29, 1.82) is 0 Å². The van der Waals surface area contributed by atoms with Crippen LogP contribution >= 0.6 is 11.6 Å². The van der Waals surface area contributed by atoms with Crippen LogP contribution in [0.5, 0.6) is 0 Å². The summed E-state index contributed by atoms with van der Waals surface area (Å²) >= 11 is 6.00. The van der Waals surface area contributed by atoms with E-state index >= 15 is 0 Å². The lowest BCUT2D eigenvalue weighted by atomic mass is 9.86. The van der Waals surface area contributed by atoms with Gasteiger partial charge in [-0.2, -0.15) is 0 Å². The minimum absolute atomic E-state index is 0.221. The van der Waals surface area contributed by atoms with Crippen LogP contribution in [0.1, 0.15) is 36.8 Å². The first-order valence-electron chi connectivity index (χ1n) is 5.28. The van der Waals surface area contributed by atoms with Gasteiger partial charge in [-0.25, -0.2) is 4.39 Å². The zero-order valence-corrected chi connectivity index (χ0v) is 9.57. The fraction of sp³-hybridized carbons (Fsp3) is 0.500. The zero-order valence-electron chi connectivity index (χ0n) is 8.82. The van der Waals surface area contributed by atoms with E-state index in [4.69, 9.17) is 17.3 Å².